The molecular weight excluding hydrogens is 445 g/mol. The SMILES string of the molecule is COc1cc(C(F)(F)F)ccc1-c1nccc2cc(S(=O)(=O)Nc3cccnn3)ccc12. The number of pyridine rings is 1. The molecule has 0 bridgehead atoms. The molecular formula is C21H15F3N4O3S. The van der Waals surface area contributed by atoms with Gasteiger partial charge in [-0.2, -0.15) is 18.3 Å². The maximum absolute atomic E-state index is 13.1. The second kappa shape index (κ2) is 8.08. The highest BCUT2D eigenvalue weighted by Crippen LogP contribution is 2.38. The summed E-state index contributed by atoms with van der Waals surface area (Å²) in [5, 5.41) is 8.40. The van der Waals surface area contributed by atoms with Crippen molar-refractivity contribution in [1.82, 2.24) is 15.2 Å². The second-order valence-electron chi connectivity index (χ2n) is 6.67. The molecule has 11 heteroatoms. The molecule has 2 aromatic carbocycles. The van der Waals surface area contributed by atoms with Crippen molar-refractivity contribution in [2.24, 2.45) is 0 Å². The molecule has 2 aromatic heterocycles. The van der Waals surface area contributed by atoms with E-state index >= 15 is 0 Å². The van der Waals surface area contributed by atoms with Crippen molar-refractivity contribution in [3.63, 3.8) is 0 Å². The minimum Gasteiger partial charge on any atom is -0.496 e. The van der Waals surface area contributed by atoms with Gasteiger partial charge in [-0.25, -0.2) is 8.42 Å². The van der Waals surface area contributed by atoms with Gasteiger partial charge in [-0.15, -0.1) is 5.10 Å². The number of fused-ring (bicyclic) bond motifs is 1. The zero-order valence-electron chi connectivity index (χ0n) is 16.5. The number of methoxy groups -OCH3 is 1. The number of sulfonamides is 1. The normalized spacial score (nSPS) is 12.0. The van der Waals surface area contributed by atoms with Crippen LogP contribution in [0.5, 0.6) is 5.75 Å². The molecule has 0 saturated carbocycles. The number of halogens is 3. The molecule has 0 aliphatic heterocycles. The Bertz CT molecular complexity index is 1390. The topological polar surface area (TPSA) is 94.1 Å². The van der Waals surface area contributed by atoms with Crippen molar-refractivity contribution < 1.29 is 26.3 Å². The quantitative estimate of drug-likeness (QED) is 0.471. The summed E-state index contributed by atoms with van der Waals surface area (Å²) < 4.78 is 72.1. The fourth-order valence-corrected chi connectivity index (χ4v) is 4.18. The molecule has 4 aromatic rings. The predicted octanol–water partition coefficient (Wildman–Crippen LogP) is 4.52. The largest absolute Gasteiger partial charge is 0.496 e. The first-order valence-corrected chi connectivity index (χ1v) is 10.6. The fourth-order valence-electron chi connectivity index (χ4n) is 3.15. The molecule has 32 heavy (non-hydrogen) atoms. The molecule has 0 aliphatic rings. The Morgan fingerprint density at radius 3 is 2.50 bits per heavy atom. The number of rotatable bonds is 5. The van der Waals surface area contributed by atoms with Crippen LogP contribution in [-0.4, -0.2) is 30.7 Å². The third kappa shape index (κ3) is 4.19. The molecule has 0 atom stereocenters. The van der Waals surface area contributed by atoms with Gasteiger partial charge in [0.25, 0.3) is 10.0 Å². The van der Waals surface area contributed by atoms with Gasteiger partial charge in [-0.05, 0) is 53.9 Å². The van der Waals surface area contributed by atoms with Crippen LogP contribution in [0.1, 0.15) is 5.56 Å². The van der Waals surface area contributed by atoms with Gasteiger partial charge in [0.2, 0.25) is 0 Å². The molecule has 1 N–H and O–H groups in total. The third-order valence-corrected chi connectivity index (χ3v) is 5.99. The fraction of sp³-hybridized carbons (Fsp3) is 0.0952. The van der Waals surface area contributed by atoms with Crippen molar-refractivity contribution in [2.45, 2.75) is 11.1 Å². The van der Waals surface area contributed by atoms with Gasteiger partial charge in [0, 0.05) is 23.3 Å². The molecule has 2 heterocycles. The van der Waals surface area contributed by atoms with Crippen molar-refractivity contribution in [1.29, 1.82) is 0 Å². The van der Waals surface area contributed by atoms with Crippen LogP contribution in [0.3, 0.4) is 0 Å². The summed E-state index contributed by atoms with van der Waals surface area (Å²) in [6.45, 7) is 0. The van der Waals surface area contributed by atoms with E-state index in [9.17, 15) is 21.6 Å². The lowest BCUT2D eigenvalue weighted by Crippen LogP contribution is -2.14. The molecule has 0 aliphatic carbocycles. The third-order valence-electron chi connectivity index (χ3n) is 4.64. The van der Waals surface area contributed by atoms with Crippen LogP contribution >= 0.6 is 0 Å². The summed E-state index contributed by atoms with van der Waals surface area (Å²) in [4.78, 5) is 4.27. The summed E-state index contributed by atoms with van der Waals surface area (Å²) in [7, 11) is -2.67. The number of alkyl halides is 3. The van der Waals surface area contributed by atoms with E-state index < -0.39 is 21.8 Å². The first-order chi connectivity index (χ1) is 15.2. The Balaban J connectivity index is 1.78. The second-order valence-corrected chi connectivity index (χ2v) is 8.35. The first-order valence-electron chi connectivity index (χ1n) is 9.14. The maximum Gasteiger partial charge on any atom is 0.416 e. The van der Waals surface area contributed by atoms with Gasteiger partial charge in [0.1, 0.15) is 5.75 Å². The van der Waals surface area contributed by atoms with E-state index in [0.717, 1.165) is 12.1 Å². The summed E-state index contributed by atoms with van der Waals surface area (Å²) >= 11 is 0. The van der Waals surface area contributed by atoms with Crippen molar-refractivity contribution in [3.05, 3.63) is 72.6 Å². The van der Waals surface area contributed by atoms with Crippen LogP contribution in [-0.2, 0) is 16.2 Å². The smallest absolute Gasteiger partial charge is 0.416 e. The highest BCUT2D eigenvalue weighted by atomic mass is 32.2. The Kier molecular flexibility index (Phi) is 5.43. The summed E-state index contributed by atoms with van der Waals surface area (Å²) in [5.41, 5.74) is -0.139. The zero-order valence-corrected chi connectivity index (χ0v) is 17.3. The highest BCUT2D eigenvalue weighted by Gasteiger charge is 2.31. The van der Waals surface area contributed by atoms with Gasteiger partial charge in [-0.3, -0.25) is 9.71 Å². The molecule has 0 radical (unpaired) electrons. The van der Waals surface area contributed by atoms with E-state index in [2.05, 4.69) is 19.9 Å². The lowest BCUT2D eigenvalue weighted by Gasteiger charge is -2.14. The van der Waals surface area contributed by atoms with Crippen molar-refractivity contribution >= 4 is 26.6 Å². The maximum atomic E-state index is 13.1. The van der Waals surface area contributed by atoms with E-state index in [-0.39, 0.29) is 16.5 Å². The van der Waals surface area contributed by atoms with E-state index in [0.29, 0.717) is 22.0 Å². The molecule has 0 fully saturated rings. The van der Waals surface area contributed by atoms with Crippen LogP contribution < -0.4 is 9.46 Å². The predicted molar refractivity (Wildman–Crippen MR) is 112 cm³/mol. The van der Waals surface area contributed by atoms with Crippen LogP contribution in [0, 0.1) is 0 Å². The zero-order chi connectivity index (χ0) is 22.9. The average Bonchev–Trinajstić information content (AvgIpc) is 2.77. The number of ether oxygens (including phenoxy) is 1. The number of hydrogen-bond donors (Lipinski definition) is 1. The van der Waals surface area contributed by atoms with E-state index in [1.807, 2.05) is 0 Å². The van der Waals surface area contributed by atoms with Gasteiger partial charge in [-0.1, -0.05) is 6.07 Å². The number of hydrogen-bond acceptors (Lipinski definition) is 6. The summed E-state index contributed by atoms with van der Waals surface area (Å²) in [5.74, 6) is 0.0679. The van der Waals surface area contributed by atoms with Crippen LogP contribution in [0.4, 0.5) is 19.0 Å². The van der Waals surface area contributed by atoms with E-state index in [4.69, 9.17) is 4.74 Å². The first kappa shape index (κ1) is 21.5. The Morgan fingerprint density at radius 1 is 1.00 bits per heavy atom. The minimum atomic E-state index is -4.52. The van der Waals surface area contributed by atoms with E-state index in [1.165, 1.54) is 43.8 Å². The average molecular weight is 460 g/mol. The van der Waals surface area contributed by atoms with Gasteiger partial charge in [0.05, 0.1) is 23.3 Å². The molecule has 164 valence electrons. The standard InChI is InChI=1S/C21H15F3N4O3S/c1-31-18-12-14(21(22,23)24)4-6-17(18)20-16-7-5-15(11-13(16)8-10-25-20)32(29,30)28-19-3-2-9-26-27-19/h2-12H,1H3,(H,27,28). The van der Waals surface area contributed by atoms with Crippen molar-refractivity contribution in [3.8, 4) is 17.0 Å². The van der Waals surface area contributed by atoms with Gasteiger partial charge < -0.3 is 4.74 Å². The number of nitrogens with zero attached hydrogens (tertiary/aromatic N) is 3. The Labute approximate surface area is 181 Å². The van der Waals surface area contributed by atoms with Crippen LogP contribution in [0.25, 0.3) is 22.0 Å². The molecule has 0 unspecified atom stereocenters. The lowest BCUT2D eigenvalue weighted by atomic mass is 10.0. The highest BCUT2D eigenvalue weighted by molar-refractivity contribution is 7.92. The molecule has 4 rings (SSSR count). The molecule has 0 spiro atoms. The van der Waals surface area contributed by atoms with Gasteiger partial charge >= 0.3 is 6.18 Å². The molecule has 0 saturated heterocycles. The number of aromatic nitrogens is 3. The van der Waals surface area contributed by atoms with Crippen molar-refractivity contribution in [2.75, 3.05) is 11.8 Å². The number of anilines is 1. The van der Waals surface area contributed by atoms with Crippen LogP contribution in [0.2, 0.25) is 0 Å². The number of benzene rings is 2. The lowest BCUT2D eigenvalue weighted by molar-refractivity contribution is -0.137. The van der Waals surface area contributed by atoms with Gasteiger partial charge in [0.15, 0.2) is 5.82 Å². The van der Waals surface area contributed by atoms with Crippen LogP contribution in [0.15, 0.2) is 71.9 Å². The monoisotopic (exact) mass is 460 g/mol. The number of nitrogens with one attached hydrogen (secondary N) is 1. The summed E-state index contributed by atoms with van der Waals surface area (Å²) in [6, 6.07) is 12.1. The molecule has 0 amide bonds. The Morgan fingerprint density at radius 2 is 1.81 bits per heavy atom. The Hall–Kier alpha value is -3.73. The molecule has 7 nitrogen and oxygen atoms in total. The minimum absolute atomic E-state index is 0.000779. The summed E-state index contributed by atoms with van der Waals surface area (Å²) in [6.07, 6.45) is -1.66. The van der Waals surface area contributed by atoms with E-state index in [1.54, 1.807) is 18.2 Å².